The van der Waals surface area contributed by atoms with Crippen molar-refractivity contribution in [2.24, 2.45) is 0 Å². The lowest BCUT2D eigenvalue weighted by molar-refractivity contribution is -0.149. The standard InChI is InChI=1S/C21H24ClFN4O4/c1-12-16(18(22)27(26-12)15-8-6-14(23)7-9-15)10-11-17(28)31-13(2)19(29)24-20(30)25-21(3,4)5/h6-11,13H,1-5H3,(H2,24,25,29,30)/b11-10+. The van der Waals surface area contributed by atoms with E-state index in [1.807, 2.05) is 0 Å². The van der Waals surface area contributed by atoms with Crippen LogP contribution in [-0.2, 0) is 14.3 Å². The lowest BCUT2D eigenvalue weighted by Crippen LogP contribution is -2.50. The average molecular weight is 451 g/mol. The third-order valence-corrected chi connectivity index (χ3v) is 4.26. The van der Waals surface area contributed by atoms with Crippen LogP contribution >= 0.6 is 11.6 Å². The van der Waals surface area contributed by atoms with E-state index in [9.17, 15) is 18.8 Å². The minimum Gasteiger partial charge on any atom is -0.449 e. The van der Waals surface area contributed by atoms with Gasteiger partial charge in [0.25, 0.3) is 5.91 Å². The minimum absolute atomic E-state index is 0.220. The number of hydrogen-bond acceptors (Lipinski definition) is 5. The highest BCUT2D eigenvalue weighted by molar-refractivity contribution is 6.31. The van der Waals surface area contributed by atoms with Crippen molar-refractivity contribution in [3.05, 3.63) is 52.6 Å². The van der Waals surface area contributed by atoms with Crippen LogP contribution in [0.5, 0.6) is 0 Å². The van der Waals surface area contributed by atoms with Crippen molar-refractivity contribution < 1.29 is 23.5 Å². The van der Waals surface area contributed by atoms with Gasteiger partial charge in [0.1, 0.15) is 11.0 Å². The van der Waals surface area contributed by atoms with Crippen molar-refractivity contribution in [2.45, 2.75) is 46.3 Å². The number of aryl methyl sites for hydroxylation is 1. The molecule has 1 aromatic heterocycles. The quantitative estimate of drug-likeness (QED) is 0.535. The third kappa shape index (κ3) is 6.92. The number of halogens is 2. The number of urea groups is 1. The van der Waals surface area contributed by atoms with Gasteiger partial charge in [0.15, 0.2) is 6.10 Å². The number of esters is 1. The summed E-state index contributed by atoms with van der Waals surface area (Å²) in [4.78, 5) is 35.8. The van der Waals surface area contributed by atoms with E-state index < -0.39 is 29.6 Å². The predicted octanol–water partition coefficient (Wildman–Crippen LogP) is 3.54. The Balaban J connectivity index is 2.02. The highest BCUT2D eigenvalue weighted by atomic mass is 35.5. The van der Waals surface area contributed by atoms with E-state index in [2.05, 4.69) is 15.7 Å². The van der Waals surface area contributed by atoms with E-state index in [4.69, 9.17) is 16.3 Å². The van der Waals surface area contributed by atoms with Crippen molar-refractivity contribution in [1.82, 2.24) is 20.4 Å². The Morgan fingerprint density at radius 3 is 2.42 bits per heavy atom. The molecule has 2 N–H and O–H groups in total. The predicted molar refractivity (Wildman–Crippen MR) is 114 cm³/mol. The smallest absolute Gasteiger partial charge is 0.331 e. The summed E-state index contributed by atoms with van der Waals surface area (Å²) in [7, 11) is 0. The van der Waals surface area contributed by atoms with Crippen molar-refractivity contribution in [1.29, 1.82) is 0 Å². The molecule has 0 aliphatic heterocycles. The molecule has 0 fully saturated rings. The van der Waals surface area contributed by atoms with Crippen molar-refractivity contribution in [3.63, 3.8) is 0 Å². The summed E-state index contributed by atoms with van der Waals surface area (Å²) in [5.41, 5.74) is 1.02. The molecule has 0 spiro atoms. The van der Waals surface area contributed by atoms with Crippen LogP contribution in [0.25, 0.3) is 11.8 Å². The number of amides is 3. The maximum Gasteiger partial charge on any atom is 0.331 e. The van der Waals surface area contributed by atoms with Crippen LogP contribution < -0.4 is 10.6 Å². The van der Waals surface area contributed by atoms with E-state index in [1.54, 1.807) is 27.7 Å². The van der Waals surface area contributed by atoms with Crippen LogP contribution in [0.15, 0.2) is 30.3 Å². The van der Waals surface area contributed by atoms with Crippen LogP contribution in [0.4, 0.5) is 9.18 Å². The van der Waals surface area contributed by atoms with Gasteiger partial charge < -0.3 is 10.1 Å². The summed E-state index contributed by atoms with van der Waals surface area (Å²) < 4.78 is 19.6. The lowest BCUT2D eigenvalue weighted by Gasteiger charge is -2.21. The van der Waals surface area contributed by atoms with E-state index in [0.717, 1.165) is 6.08 Å². The number of rotatable bonds is 5. The molecule has 2 aromatic rings. The number of hydrogen-bond donors (Lipinski definition) is 2. The van der Waals surface area contributed by atoms with Gasteiger partial charge in [0.05, 0.1) is 11.4 Å². The second-order valence-electron chi connectivity index (χ2n) is 7.78. The fourth-order valence-corrected chi connectivity index (χ4v) is 2.79. The molecule has 10 heteroatoms. The van der Waals surface area contributed by atoms with E-state index in [-0.39, 0.29) is 11.0 Å². The van der Waals surface area contributed by atoms with Gasteiger partial charge in [-0.2, -0.15) is 5.10 Å². The van der Waals surface area contributed by atoms with Gasteiger partial charge >= 0.3 is 12.0 Å². The number of nitrogens with one attached hydrogen (secondary N) is 2. The van der Waals surface area contributed by atoms with Gasteiger partial charge in [-0.15, -0.1) is 0 Å². The monoisotopic (exact) mass is 450 g/mol. The van der Waals surface area contributed by atoms with Crippen LogP contribution in [0.2, 0.25) is 5.15 Å². The molecule has 3 amide bonds. The van der Waals surface area contributed by atoms with Crippen LogP contribution in [0, 0.1) is 12.7 Å². The van der Waals surface area contributed by atoms with Gasteiger partial charge in [-0.25, -0.2) is 18.7 Å². The van der Waals surface area contributed by atoms with Gasteiger partial charge in [0, 0.05) is 17.2 Å². The fourth-order valence-electron chi connectivity index (χ4n) is 2.46. The van der Waals surface area contributed by atoms with Gasteiger partial charge in [-0.3, -0.25) is 10.1 Å². The molecule has 0 aliphatic carbocycles. The lowest BCUT2D eigenvalue weighted by atomic mass is 10.1. The molecule has 1 aromatic carbocycles. The molecule has 2 rings (SSSR count). The number of ether oxygens (including phenoxy) is 1. The molecule has 1 atom stereocenters. The summed E-state index contributed by atoms with van der Waals surface area (Å²) in [6.07, 6.45) is 1.31. The summed E-state index contributed by atoms with van der Waals surface area (Å²) in [6.45, 7) is 8.32. The fraction of sp³-hybridized carbons (Fsp3) is 0.333. The number of nitrogens with zero attached hydrogens (tertiary/aromatic N) is 2. The second-order valence-corrected chi connectivity index (χ2v) is 8.14. The first-order valence-electron chi connectivity index (χ1n) is 9.40. The molecule has 0 saturated carbocycles. The first-order valence-corrected chi connectivity index (χ1v) is 9.78. The molecule has 0 aliphatic rings. The molecule has 8 nitrogen and oxygen atoms in total. The highest BCUT2D eigenvalue weighted by Gasteiger charge is 2.21. The molecule has 0 bridgehead atoms. The molecule has 166 valence electrons. The van der Waals surface area contributed by atoms with Gasteiger partial charge in [0.2, 0.25) is 0 Å². The molecule has 0 saturated heterocycles. The topological polar surface area (TPSA) is 102 Å². The van der Waals surface area contributed by atoms with Gasteiger partial charge in [-0.05, 0) is 65.0 Å². The molecule has 0 radical (unpaired) electrons. The van der Waals surface area contributed by atoms with Crippen LogP contribution in [0.3, 0.4) is 0 Å². The number of imide groups is 1. The largest absolute Gasteiger partial charge is 0.449 e. The minimum atomic E-state index is -1.19. The third-order valence-electron chi connectivity index (χ3n) is 3.89. The Morgan fingerprint density at radius 1 is 1.23 bits per heavy atom. The Morgan fingerprint density at radius 2 is 1.84 bits per heavy atom. The van der Waals surface area contributed by atoms with Gasteiger partial charge in [-0.1, -0.05) is 11.6 Å². The Labute approximate surface area is 184 Å². The van der Waals surface area contributed by atoms with Crippen molar-refractivity contribution >= 4 is 35.6 Å². The normalized spacial score (nSPS) is 12.5. The molecular weight excluding hydrogens is 427 g/mol. The summed E-state index contributed by atoms with van der Waals surface area (Å²) in [5.74, 6) is -1.95. The Kier molecular flexibility index (Phi) is 7.56. The number of carbonyl (C=O) groups excluding carboxylic acids is 3. The maximum absolute atomic E-state index is 13.1. The van der Waals surface area contributed by atoms with E-state index >= 15 is 0 Å². The molecule has 1 heterocycles. The first kappa shape index (κ1) is 24.1. The average Bonchev–Trinajstić information content (AvgIpc) is 2.92. The second kappa shape index (κ2) is 9.74. The molecule has 1 unspecified atom stereocenters. The maximum atomic E-state index is 13.1. The zero-order valence-electron chi connectivity index (χ0n) is 17.8. The molecule has 31 heavy (non-hydrogen) atoms. The van der Waals surface area contributed by atoms with Crippen molar-refractivity contribution in [2.75, 3.05) is 0 Å². The first-order chi connectivity index (χ1) is 14.4. The summed E-state index contributed by atoms with van der Waals surface area (Å²) in [5, 5.41) is 9.18. The van der Waals surface area contributed by atoms with Crippen LogP contribution in [-0.4, -0.2) is 39.3 Å². The zero-order valence-corrected chi connectivity index (χ0v) is 18.6. The van der Waals surface area contributed by atoms with E-state index in [0.29, 0.717) is 16.9 Å². The summed E-state index contributed by atoms with van der Waals surface area (Å²) in [6, 6.07) is 4.91. The number of carbonyl (C=O) groups is 3. The van der Waals surface area contributed by atoms with Crippen molar-refractivity contribution in [3.8, 4) is 5.69 Å². The Bertz CT molecular complexity index is 1010. The number of benzene rings is 1. The molecular formula is C21H24ClFN4O4. The zero-order chi connectivity index (χ0) is 23.3. The van der Waals surface area contributed by atoms with E-state index in [1.165, 1.54) is 41.9 Å². The SMILES string of the molecule is Cc1nn(-c2ccc(F)cc2)c(Cl)c1/C=C/C(=O)OC(C)C(=O)NC(=O)NC(C)(C)C. The summed E-state index contributed by atoms with van der Waals surface area (Å²) >= 11 is 6.35. The van der Waals surface area contributed by atoms with Crippen LogP contribution in [0.1, 0.15) is 39.0 Å². The number of aromatic nitrogens is 2. The Hall–Kier alpha value is -3.20. The highest BCUT2D eigenvalue weighted by Crippen LogP contribution is 2.25.